The molecule has 0 fully saturated rings. The first-order chi connectivity index (χ1) is 14.9. The van der Waals surface area contributed by atoms with Crippen LogP contribution in [0.15, 0.2) is 23.1 Å². The molecular formula is C24H31NO6S. The van der Waals surface area contributed by atoms with Gasteiger partial charge in [0.2, 0.25) is 10.0 Å². The van der Waals surface area contributed by atoms with Crippen LogP contribution in [0.5, 0.6) is 5.75 Å². The third-order valence-corrected chi connectivity index (χ3v) is 7.63. The lowest BCUT2D eigenvalue weighted by molar-refractivity contribution is -0.144. The van der Waals surface area contributed by atoms with E-state index >= 15 is 0 Å². The van der Waals surface area contributed by atoms with Gasteiger partial charge in [0.15, 0.2) is 5.78 Å². The highest BCUT2D eigenvalue weighted by Crippen LogP contribution is 2.29. The summed E-state index contributed by atoms with van der Waals surface area (Å²) in [5, 5.41) is 0. The van der Waals surface area contributed by atoms with Crippen molar-refractivity contribution in [3.63, 3.8) is 0 Å². The molecule has 0 atom stereocenters. The smallest absolute Gasteiger partial charge is 0.307 e. The number of Topliss-reactive ketones (excluding diaryl/α,β-unsaturated/α-hetero) is 1. The van der Waals surface area contributed by atoms with Crippen molar-refractivity contribution < 1.29 is 27.5 Å². The van der Waals surface area contributed by atoms with Crippen molar-refractivity contribution in [1.29, 1.82) is 0 Å². The van der Waals surface area contributed by atoms with Gasteiger partial charge in [-0.25, -0.2) is 13.1 Å². The van der Waals surface area contributed by atoms with Crippen LogP contribution in [0.1, 0.15) is 57.1 Å². The van der Waals surface area contributed by atoms with E-state index in [-0.39, 0.29) is 30.3 Å². The second-order valence-corrected chi connectivity index (χ2v) is 9.55. The standard InChI is InChI=1S/C24H31NO6S/c1-14-15(2)17(4)24(18(5)16(14)3)32(28,29)25-11-10-23(27)31-13-21-12-20(19(6)26)8-9-22(21)30-7/h8-9,12,25H,10-11,13H2,1-7H3. The molecule has 32 heavy (non-hydrogen) atoms. The van der Waals surface area contributed by atoms with Gasteiger partial charge < -0.3 is 9.47 Å². The maximum Gasteiger partial charge on any atom is 0.307 e. The minimum Gasteiger partial charge on any atom is -0.496 e. The zero-order chi connectivity index (χ0) is 24.2. The normalized spacial score (nSPS) is 11.3. The first kappa shape index (κ1) is 25.5. The largest absolute Gasteiger partial charge is 0.496 e. The molecule has 0 bridgehead atoms. The van der Waals surface area contributed by atoms with Gasteiger partial charge >= 0.3 is 5.97 Å². The van der Waals surface area contributed by atoms with Gasteiger partial charge in [0.1, 0.15) is 12.4 Å². The number of hydrogen-bond donors (Lipinski definition) is 1. The Kier molecular flexibility index (Phi) is 8.20. The Hall–Kier alpha value is -2.71. The van der Waals surface area contributed by atoms with Gasteiger partial charge in [-0.1, -0.05) is 0 Å². The van der Waals surface area contributed by atoms with Gasteiger partial charge in [-0.3, -0.25) is 9.59 Å². The van der Waals surface area contributed by atoms with Crippen LogP contribution in [0.25, 0.3) is 0 Å². The quantitative estimate of drug-likeness (QED) is 0.450. The number of benzene rings is 2. The van der Waals surface area contributed by atoms with Gasteiger partial charge in [-0.05, 0) is 87.6 Å². The van der Waals surface area contributed by atoms with E-state index in [4.69, 9.17) is 9.47 Å². The summed E-state index contributed by atoms with van der Waals surface area (Å²) < 4.78 is 38.9. The summed E-state index contributed by atoms with van der Waals surface area (Å²) in [6.07, 6.45) is -0.129. The van der Waals surface area contributed by atoms with E-state index in [0.29, 0.717) is 28.0 Å². The van der Waals surface area contributed by atoms with E-state index in [2.05, 4.69) is 4.72 Å². The van der Waals surface area contributed by atoms with Gasteiger partial charge in [0.05, 0.1) is 18.4 Å². The minimum atomic E-state index is -3.79. The second kappa shape index (κ2) is 10.3. The van der Waals surface area contributed by atoms with Crippen LogP contribution in [0.2, 0.25) is 0 Å². The number of carbonyl (C=O) groups excluding carboxylic acids is 2. The predicted octanol–water partition coefficient (Wildman–Crippen LogP) is 3.85. The van der Waals surface area contributed by atoms with E-state index in [1.807, 2.05) is 20.8 Å². The Morgan fingerprint density at radius 1 is 0.938 bits per heavy atom. The van der Waals surface area contributed by atoms with Gasteiger partial charge in [-0.15, -0.1) is 0 Å². The molecule has 0 aliphatic carbocycles. The van der Waals surface area contributed by atoms with Crippen LogP contribution in [0.3, 0.4) is 0 Å². The van der Waals surface area contributed by atoms with Gasteiger partial charge in [0.25, 0.3) is 0 Å². The average molecular weight is 462 g/mol. The van der Waals surface area contributed by atoms with Crippen LogP contribution in [0.4, 0.5) is 0 Å². The Morgan fingerprint density at radius 3 is 2.03 bits per heavy atom. The Bertz CT molecular complexity index is 1120. The molecule has 0 heterocycles. The van der Waals surface area contributed by atoms with Crippen molar-refractivity contribution in [1.82, 2.24) is 4.72 Å². The first-order valence-electron chi connectivity index (χ1n) is 10.3. The number of methoxy groups -OCH3 is 1. The number of esters is 1. The zero-order valence-electron chi connectivity index (χ0n) is 19.7. The van der Waals surface area contributed by atoms with Crippen molar-refractivity contribution in [2.75, 3.05) is 13.7 Å². The monoisotopic (exact) mass is 461 g/mol. The summed E-state index contributed by atoms with van der Waals surface area (Å²) >= 11 is 0. The highest BCUT2D eigenvalue weighted by atomic mass is 32.2. The van der Waals surface area contributed by atoms with Crippen LogP contribution >= 0.6 is 0 Å². The van der Waals surface area contributed by atoms with Crippen LogP contribution in [-0.2, 0) is 26.2 Å². The number of ketones is 1. The number of nitrogens with one attached hydrogen (secondary N) is 1. The third kappa shape index (κ3) is 5.55. The van der Waals surface area contributed by atoms with Crippen molar-refractivity contribution in [2.45, 2.75) is 59.5 Å². The molecule has 0 spiro atoms. The number of ether oxygens (including phenoxy) is 2. The molecule has 7 nitrogen and oxygen atoms in total. The number of carbonyl (C=O) groups is 2. The summed E-state index contributed by atoms with van der Waals surface area (Å²) in [6.45, 7) is 10.7. The topological polar surface area (TPSA) is 98.8 Å². The minimum absolute atomic E-state index is 0.0789. The van der Waals surface area contributed by atoms with Crippen molar-refractivity contribution >= 4 is 21.8 Å². The summed E-state index contributed by atoms with van der Waals surface area (Å²) in [5.74, 6) is -0.172. The summed E-state index contributed by atoms with van der Waals surface area (Å²) in [4.78, 5) is 24.0. The van der Waals surface area contributed by atoms with Crippen molar-refractivity contribution in [2.24, 2.45) is 0 Å². The zero-order valence-corrected chi connectivity index (χ0v) is 20.5. The fraction of sp³-hybridized carbons (Fsp3) is 0.417. The molecular weight excluding hydrogens is 430 g/mol. The molecule has 1 N–H and O–H groups in total. The Morgan fingerprint density at radius 2 is 1.50 bits per heavy atom. The lowest BCUT2D eigenvalue weighted by Gasteiger charge is -2.19. The molecule has 8 heteroatoms. The van der Waals surface area contributed by atoms with Crippen LogP contribution < -0.4 is 9.46 Å². The molecule has 2 aromatic carbocycles. The first-order valence-corrected chi connectivity index (χ1v) is 11.8. The van der Waals surface area contributed by atoms with Gasteiger partial charge in [0, 0.05) is 17.7 Å². The summed E-state index contributed by atoms with van der Waals surface area (Å²) in [7, 11) is -2.30. The maximum atomic E-state index is 12.9. The molecule has 0 saturated carbocycles. The summed E-state index contributed by atoms with van der Waals surface area (Å²) in [6, 6.07) is 4.90. The van der Waals surface area contributed by atoms with Crippen molar-refractivity contribution in [3.8, 4) is 5.75 Å². The molecule has 0 aliphatic rings. The second-order valence-electron chi connectivity index (χ2n) is 7.85. The van der Waals surface area contributed by atoms with E-state index in [9.17, 15) is 18.0 Å². The molecule has 0 saturated heterocycles. The molecule has 0 unspecified atom stereocenters. The Balaban J connectivity index is 2.04. The number of rotatable bonds is 9. The SMILES string of the molecule is COc1ccc(C(C)=O)cc1COC(=O)CCNS(=O)(=O)c1c(C)c(C)c(C)c(C)c1C. The van der Waals surface area contributed by atoms with E-state index in [0.717, 1.165) is 16.7 Å². The highest BCUT2D eigenvalue weighted by molar-refractivity contribution is 7.89. The van der Waals surface area contributed by atoms with Crippen molar-refractivity contribution in [3.05, 3.63) is 57.1 Å². The number of hydrogen-bond acceptors (Lipinski definition) is 6. The number of sulfonamides is 1. The fourth-order valence-electron chi connectivity index (χ4n) is 3.57. The molecule has 0 radical (unpaired) electrons. The average Bonchev–Trinajstić information content (AvgIpc) is 2.74. The van der Waals surface area contributed by atoms with E-state index < -0.39 is 16.0 Å². The van der Waals surface area contributed by atoms with Crippen LogP contribution in [0, 0.1) is 34.6 Å². The summed E-state index contributed by atoms with van der Waals surface area (Å²) in [5.41, 5.74) is 5.41. The van der Waals surface area contributed by atoms with Crippen LogP contribution in [-0.4, -0.2) is 33.8 Å². The fourth-order valence-corrected chi connectivity index (χ4v) is 5.20. The molecule has 174 valence electrons. The lowest BCUT2D eigenvalue weighted by atomic mass is 9.95. The molecule has 0 amide bonds. The third-order valence-electron chi connectivity index (χ3n) is 5.90. The Labute approximate surface area is 190 Å². The van der Waals surface area contributed by atoms with Gasteiger partial charge in [-0.2, -0.15) is 0 Å². The molecule has 0 aromatic heterocycles. The molecule has 2 aromatic rings. The molecule has 0 aliphatic heterocycles. The van der Waals surface area contributed by atoms with E-state index in [1.165, 1.54) is 14.0 Å². The molecule has 2 rings (SSSR count). The highest BCUT2D eigenvalue weighted by Gasteiger charge is 2.23. The predicted molar refractivity (Wildman–Crippen MR) is 123 cm³/mol. The lowest BCUT2D eigenvalue weighted by Crippen LogP contribution is -2.28. The van der Waals surface area contributed by atoms with E-state index in [1.54, 1.807) is 32.0 Å². The maximum absolute atomic E-state index is 12.9.